The van der Waals surface area contributed by atoms with Crippen LogP contribution in [-0.4, -0.2) is 30.3 Å². The van der Waals surface area contributed by atoms with Crippen LogP contribution in [0.15, 0.2) is 4.99 Å². The number of rotatable bonds is 6. The van der Waals surface area contributed by atoms with Crippen LogP contribution < -0.4 is 11.1 Å². The first-order valence-electron chi connectivity index (χ1n) is 5.39. The van der Waals surface area contributed by atoms with Crippen molar-refractivity contribution in [1.29, 1.82) is 0 Å². The van der Waals surface area contributed by atoms with E-state index in [2.05, 4.69) is 10.3 Å². The minimum Gasteiger partial charge on any atom is -0.396 e. The molecule has 1 atom stereocenters. The third kappa shape index (κ3) is 5.07. The summed E-state index contributed by atoms with van der Waals surface area (Å²) >= 11 is 0. The van der Waals surface area contributed by atoms with Crippen LogP contribution in [0.3, 0.4) is 0 Å². The molecule has 1 saturated carbocycles. The molecule has 82 valence electrons. The molecule has 4 nitrogen and oxygen atoms in total. The van der Waals surface area contributed by atoms with Gasteiger partial charge >= 0.3 is 0 Å². The van der Waals surface area contributed by atoms with Gasteiger partial charge in [-0.3, -0.25) is 4.99 Å². The average molecular weight is 199 g/mol. The highest BCUT2D eigenvalue weighted by atomic mass is 16.3. The lowest BCUT2D eigenvalue weighted by molar-refractivity contribution is 0.229. The molecule has 0 bridgehead atoms. The van der Waals surface area contributed by atoms with E-state index in [1.165, 1.54) is 12.8 Å². The van der Waals surface area contributed by atoms with Crippen LogP contribution in [0.4, 0.5) is 0 Å². The van der Waals surface area contributed by atoms with E-state index in [0.29, 0.717) is 17.9 Å². The second-order valence-electron chi connectivity index (χ2n) is 4.12. The Balaban J connectivity index is 2.00. The molecule has 1 rings (SSSR count). The Morgan fingerprint density at radius 1 is 1.64 bits per heavy atom. The monoisotopic (exact) mass is 199 g/mol. The van der Waals surface area contributed by atoms with Crippen LogP contribution in [0.2, 0.25) is 0 Å². The Kier molecular flexibility index (Phi) is 4.73. The predicted octanol–water partition coefficient (Wildman–Crippen LogP) is 0.462. The molecule has 1 fully saturated rings. The molecule has 0 spiro atoms. The maximum Gasteiger partial charge on any atom is 0.188 e. The summed E-state index contributed by atoms with van der Waals surface area (Å²) < 4.78 is 0. The molecule has 0 radical (unpaired) electrons. The van der Waals surface area contributed by atoms with Crippen LogP contribution in [0.1, 0.15) is 32.6 Å². The van der Waals surface area contributed by atoms with Crippen molar-refractivity contribution in [2.75, 3.05) is 13.2 Å². The van der Waals surface area contributed by atoms with Crippen molar-refractivity contribution in [3.05, 3.63) is 0 Å². The summed E-state index contributed by atoms with van der Waals surface area (Å²) in [7, 11) is 0. The number of hydrogen-bond acceptors (Lipinski definition) is 2. The smallest absolute Gasteiger partial charge is 0.188 e. The minimum atomic E-state index is 0.263. The van der Waals surface area contributed by atoms with E-state index >= 15 is 0 Å². The van der Waals surface area contributed by atoms with Gasteiger partial charge < -0.3 is 16.2 Å². The van der Waals surface area contributed by atoms with Gasteiger partial charge in [0.15, 0.2) is 5.96 Å². The molecule has 0 amide bonds. The zero-order valence-corrected chi connectivity index (χ0v) is 8.87. The van der Waals surface area contributed by atoms with Crippen LogP contribution in [0, 0.1) is 5.92 Å². The van der Waals surface area contributed by atoms with E-state index in [0.717, 1.165) is 19.4 Å². The van der Waals surface area contributed by atoms with Crippen molar-refractivity contribution in [2.45, 2.75) is 38.6 Å². The second kappa shape index (κ2) is 5.86. The van der Waals surface area contributed by atoms with Gasteiger partial charge in [0.25, 0.3) is 0 Å². The fourth-order valence-electron chi connectivity index (χ4n) is 1.21. The van der Waals surface area contributed by atoms with E-state index < -0.39 is 0 Å². The van der Waals surface area contributed by atoms with Crippen LogP contribution >= 0.6 is 0 Å². The first-order valence-corrected chi connectivity index (χ1v) is 5.39. The molecule has 14 heavy (non-hydrogen) atoms. The highest BCUT2D eigenvalue weighted by Crippen LogP contribution is 2.17. The minimum absolute atomic E-state index is 0.263. The first-order chi connectivity index (χ1) is 6.72. The van der Waals surface area contributed by atoms with Gasteiger partial charge in [0.1, 0.15) is 0 Å². The van der Waals surface area contributed by atoms with Crippen molar-refractivity contribution in [2.24, 2.45) is 16.6 Å². The van der Waals surface area contributed by atoms with Gasteiger partial charge in [-0.15, -0.1) is 0 Å². The topological polar surface area (TPSA) is 70.6 Å². The second-order valence-corrected chi connectivity index (χ2v) is 4.12. The summed E-state index contributed by atoms with van der Waals surface area (Å²) in [6.45, 7) is 3.06. The molecule has 0 aliphatic heterocycles. The van der Waals surface area contributed by atoms with Crippen molar-refractivity contribution in [3.8, 4) is 0 Å². The molecule has 1 aliphatic carbocycles. The molecule has 1 unspecified atom stereocenters. The molecule has 0 aromatic heterocycles. The Morgan fingerprint density at radius 3 is 2.93 bits per heavy atom. The normalized spacial score (nSPS) is 19.4. The molecular weight excluding hydrogens is 178 g/mol. The van der Waals surface area contributed by atoms with Crippen molar-refractivity contribution < 1.29 is 5.11 Å². The van der Waals surface area contributed by atoms with Gasteiger partial charge in [-0.05, 0) is 31.6 Å². The average Bonchev–Trinajstić information content (AvgIpc) is 2.95. The highest BCUT2D eigenvalue weighted by molar-refractivity contribution is 5.78. The zero-order valence-electron chi connectivity index (χ0n) is 8.87. The lowest BCUT2D eigenvalue weighted by atomic mass is 10.1. The van der Waals surface area contributed by atoms with Gasteiger partial charge in [-0.1, -0.05) is 6.92 Å². The molecule has 4 heteroatoms. The van der Waals surface area contributed by atoms with E-state index in [9.17, 15) is 0 Å². The number of nitrogens with zero attached hydrogens (tertiary/aromatic N) is 1. The quantitative estimate of drug-likeness (QED) is 0.331. The number of aliphatic hydroxyl groups excluding tert-OH is 1. The standard InChI is InChI=1S/C10H21N3O/c1-8(7-14)3-2-6-12-10(11)13-9-4-5-9/h8-9,14H,2-7H2,1H3,(H3,11,12,13). The largest absolute Gasteiger partial charge is 0.396 e. The summed E-state index contributed by atoms with van der Waals surface area (Å²) in [6.07, 6.45) is 4.45. The van der Waals surface area contributed by atoms with Gasteiger partial charge in [0.05, 0.1) is 0 Å². The number of nitrogens with two attached hydrogens (primary N) is 1. The first kappa shape index (κ1) is 11.3. The number of nitrogens with one attached hydrogen (secondary N) is 1. The lowest BCUT2D eigenvalue weighted by Crippen LogP contribution is -2.33. The molecule has 0 aromatic rings. The van der Waals surface area contributed by atoms with Gasteiger partial charge in [-0.25, -0.2) is 0 Å². The van der Waals surface area contributed by atoms with Gasteiger partial charge in [0, 0.05) is 19.2 Å². The molecule has 0 aromatic carbocycles. The summed E-state index contributed by atoms with van der Waals surface area (Å²) in [5.74, 6) is 0.951. The molecular formula is C10H21N3O. The summed E-state index contributed by atoms with van der Waals surface area (Å²) in [6, 6.07) is 0.579. The third-order valence-corrected chi connectivity index (χ3v) is 2.38. The number of hydrogen-bond donors (Lipinski definition) is 3. The highest BCUT2D eigenvalue weighted by Gasteiger charge is 2.21. The van der Waals surface area contributed by atoms with Crippen LogP contribution in [0.25, 0.3) is 0 Å². The lowest BCUT2D eigenvalue weighted by Gasteiger charge is -2.06. The van der Waals surface area contributed by atoms with Crippen molar-refractivity contribution >= 4 is 5.96 Å². The molecule has 0 saturated heterocycles. The van der Waals surface area contributed by atoms with Crippen molar-refractivity contribution in [1.82, 2.24) is 5.32 Å². The fourth-order valence-corrected chi connectivity index (χ4v) is 1.21. The predicted molar refractivity (Wildman–Crippen MR) is 58.1 cm³/mol. The molecule has 4 N–H and O–H groups in total. The van der Waals surface area contributed by atoms with Gasteiger partial charge in [-0.2, -0.15) is 0 Å². The molecule has 1 aliphatic rings. The summed E-state index contributed by atoms with van der Waals surface area (Å²) in [5.41, 5.74) is 5.65. The van der Waals surface area contributed by atoms with Gasteiger partial charge in [0.2, 0.25) is 0 Å². The maximum atomic E-state index is 8.80. The summed E-state index contributed by atoms with van der Waals surface area (Å²) in [5, 5.41) is 11.9. The molecule has 0 heterocycles. The summed E-state index contributed by atoms with van der Waals surface area (Å²) in [4.78, 5) is 4.21. The van der Waals surface area contributed by atoms with E-state index in [1.54, 1.807) is 0 Å². The van der Waals surface area contributed by atoms with E-state index in [1.807, 2.05) is 6.92 Å². The van der Waals surface area contributed by atoms with E-state index in [-0.39, 0.29) is 6.61 Å². The van der Waals surface area contributed by atoms with Crippen LogP contribution in [-0.2, 0) is 0 Å². The Labute approximate surface area is 85.6 Å². The zero-order chi connectivity index (χ0) is 10.4. The number of aliphatic imine (C=N–C) groups is 1. The third-order valence-electron chi connectivity index (χ3n) is 2.38. The number of aliphatic hydroxyl groups is 1. The van der Waals surface area contributed by atoms with E-state index in [4.69, 9.17) is 10.8 Å². The maximum absolute atomic E-state index is 8.80. The Morgan fingerprint density at radius 2 is 2.36 bits per heavy atom. The SMILES string of the molecule is CC(CO)CCCN=C(N)NC1CC1. The number of guanidine groups is 1. The Hall–Kier alpha value is -0.770. The fraction of sp³-hybridized carbons (Fsp3) is 0.900. The van der Waals surface area contributed by atoms with Crippen LogP contribution in [0.5, 0.6) is 0 Å². The van der Waals surface area contributed by atoms with Crippen molar-refractivity contribution in [3.63, 3.8) is 0 Å². The Bertz CT molecular complexity index is 190.